The smallest absolute Gasteiger partial charge is 0.220 e. The van der Waals surface area contributed by atoms with Gasteiger partial charge in [-0.25, -0.2) is 0 Å². The predicted molar refractivity (Wildman–Crippen MR) is 77.1 cm³/mol. The number of nitrogens with one attached hydrogen (secondary N) is 3. The Hall–Kier alpha value is -1.26. The summed E-state index contributed by atoms with van der Waals surface area (Å²) >= 11 is 0. The van der Waals surface area contributed by atoms with Crippen LogP contribution in [0.15, 0.2) is 4.99 Å². The Morgan fingerprint density at radius 3 is 2.79 bits per heavy atom. The normalized spacial score (nSPS) is 23.6. The van der Waals surface area contributed by atoms with Gasteiger partial charge in [0, 0.05) is 25.6 Å². The third kappa shape index (κ3) is 5.09. The second-order valence-electron chi connectivity index (χ2n) is 5.72. The van der Waals surface area contributed by atoms with E-state index in [9.17, 15) is 4.79 Å². The molecule has 1 atom stereocenters. The van der Waals surface area contributed by atoms with Gasteiger partial charge in [0.05, 0.1) is 6.54 Å². The summed E-state index contributed by atoms with van der Waals surface area (Å²) in [7, 11) is 0. The van der Waals surface area contributed by atoms with Gasteiger partial charge in [0.15, 0.2) is 5.96 Å². The van der Waals surface area contributed by atoms with Crippen molar-refractivity contribution in [3.63, 3.8) is 0 Å². The van der Waals surface area contributed by atoms with E-state index in [2.05, 4.69) is 27.9 Å². The maximum absolute atomic E-state index is 11.8. The van der Waals surface area contributed by atoms with Crippen molar-refractivity contribution in [1.29, 1.82) is 0 Å². The molecule has 1 heterocycles. The average molecular weight is 266 g/mol. The lowest BCUT2D eigenvalue weighted by Crippen LogP contribution is -2.41. The van der Waals surface area contributed by atoms with Gasteiger partial charge in [-0.2, -0.15) is 0 Å². The fourth-order valence-corrected chi connectivity index (χ4v) is 2.77. The van der Waals surface area contributed by atoms with E-state index in [4.69, 9.17) is 0 Å². The molecule has 2 rings (SSSR count). The van der Waals surface area contributed by atoms with Crippen molar-refractivity contribution in [2.75, 3.05) is 19.6 Å². The Morgan fingerprint density at radius 2 is 2.11 bits per heavy atom. The number of rotatable bonds is 5. The van der Waals surface area contributed by atoms with Gasteiger partial charge >= 0.3 is 0 Å². The molecule has 0 saturated heterocycles. The predicted octanol–water partition coefficient (Wildman–Crippen LogP) is 1.01. The topological polar surface area (TPSA) is 65.5 Å². The molecule has 0 aromatic rings. The monoisotopic (exact) mass is 266 g/mol. The maximum Gasteiger partial charge on any atom is 0.220 e. The van der Waals surface area contributed by atoms with Crippen LogP contribution in [0.3, 0.4) is 0 Å². The molecule has 0 spiro atoms. The van der Waals surface area contributed by atoms with E-state index in [1.807, 2.05) is 0 Å². The highest BCUT2D eigenvalue weighted by atomic mass is 16.1. The van der Waals surface area contributed by atoms with Crippen molar-refractivity contribution < 1.29 is 4.79 Å². The minimum atomic E-state index is 0.198. The van der Waals surface area contributed by atoms with Crippen molar-refractivity contribution in [2.45, 2.75) is 51.5 Å². The summed E-state index contributed by atoms with van der Waals surface area (Å²) in [6.07, 6.45) is 7.09. The summed E-state index contributed by atoms with van der Waals surface area (Å²) < 4.78 is 0. The molecule has 0 aromatic carbocycles. The standard InChI is InChI=1S/C14H26N4O/c1-11-10-17-14(18-11)16-8-7-15-13(19)9-12-5-3-2-4-6-12/h11-12H,2-10H2,1H3,(H,15,19)(H2,16,17,18). The second kappa shape index (κ2) is 7.36. The van der Waals surface area contributed by atoms with Crippen LogP contribution in [0.1, 0.15) is 45.4 Å². The molecular weight excluding hydrogens is 240 g/mol. The molecule has 5 heteroatoms. The summed E-state index contributed by atoms with van der Waals surface area (Å²) in [5.74, 6) is 1.67. The maximum atomic E-state index is 11.8. The number of hydrogen-bond acceptors (Lipinski definition) is 4. The molecule has 1 amide bonds. The number of nitrogens with zero attached hydrogens (tertiary/aromatic N) is 1. The molecule has 108 valence electrons. The van der Waals surface area contributed by atoms with Crippen LogP contribution in [0.25, 0.3) is 0 Å². The first kappa shape index (κ1) is 14.2. The van der Waals surface area contributed by atoms with Crippen LogP contribution in [-0.2, 0) is 4.79 Å². The van der Waals surface area contributed by atoms with Crippen LogP contribution in [0, 0.1) is 5.92 Å². The number of carbonyl (C=O) groups excluding carboxylic acids is 1. The molecule has 2 aliphatic rings. The lowest BCUT2D eigenvalue weighted by molar-refractivity contribution is -0.122. The molecule has 0 bridgehead atoms. The lowest BCUT2D eigenvalue weighted by atomic mass is 9.87. The van der Waals surface area contributed by atoms with Gasteiger partial charge in [-0.05, 0) is 25.7 Å². The molecule has 1 unspecified atom stereocenters. The summed E-state index contributed by atoms with van der Waals surface area (Å²) in [6, 6.07) is 0.420. The Morgan fingerprint density at radius 1 is 1.32 bits per heavy atom. The molecule has 19 heavy (non-hydrogen) atoms. The van der Waals surface area contributed by atoms with Crippen LogP contribution in [0.2, 0.25) is 0 Å². The van der Waals surface area contributed by atoms with Gasteiger partial charge < -0.3 is 16.0 Å². The van der Waals surface area contributed by atoms with Crippen LogP contribution >= 0.6 is 0 Å². The zero-order chi connectivity index (χ0) is 13.5. The highest BCUT2D eigenvalue weighted by molar-refractivity contribution is 5.81. The fourth-order valence-electron chi connectivity index (χ4n) is 2.77. The van der Waals surface area contributed by atoms with Crippen molar-refractivity contribution in [2.24, 2.45) is 10.9 Å². The molecular formula is C14H26N4O. The van der Waals surface area contributed by atoms with Crippen molar-refractivity contribution in [3.8, 4) is 0 Å². The Bertz CT molecular complexity index is 323. The van der Waals surface area contributed by atoms with E-state index in [-0.39, 0.29) is 5.91 Å². The molecule has 1 saturated carbocycles. The first-order valence-electron chi connectivity index (χ1n) is 7.55. The zero-order valence-corrected chi connectivity index (χ0v) is 11.9. The number of hydrogen-bond donors (Lipinski definition) is 3. The molecule has 5 nitrogen and oxygen atoms in total. The quantitative estimate of drug-likeness (QED) is 0.651. The lowest BCUT2D eigenvalue weighted by Gasteiger charge is -2.20. The summed E-state index contributed by atoms with van der Waals surface area (Å²) in [5, 5.41) is 9.41. The van der Waals surface area contributed by atoms with Gasteiger partial charge in [0.1, 0.15) is 0 Å². The van der Waals surface area contributed by atoms with Crippen LogP contribution in [0.5, 0.6) is 0 Å². The zero-order valence-electron chi connectivity index (χ0n) is 11.9. The van der Waals surface area contributed by atoms with E-state index < -0.39 is 0 Å². The largest absolute Gasteiger partial charge is 0.355 e. The van der Waals surface area contributed by atoms with Gasteiger partial charge in [0.25, 0.3) is 0 Å². The Balaban J connectivity index is 1.51. The van der Waals surface area contributed by atoms with Gasteiger partial charge in [-0.15, -0.1) is 0 Å². The molecule has 1 aliphatic carbocycles. The van der Waals surface area contributed by atoms with Gasteiger partial charge in [-0.3, -0.25) is 9.79 Å². The van der Waals surface area contributed by atoms with Crippen LogP contribution < -0.4 is 16.0 Å². The Kier molecular flexibility index (Phi) is 5.48. The van der Waals surface area contributed by atoms with Crippen LogP contribution in [0.4, 0.5) is 0 Å². The number of amides is 1. The number of aliphatic imine (C=N–C) groups is 1. The third-order valence-corrected chi connectivity index (χ3v) is 3.84. The Labute approximate surface area is 115 Å². The number of carbonyl (C=O) groups is 1. The average Bonchev–Trinajstić information content (AvgIpc) is 2.82. The van der Waals surface area contributed by atoms with E-state index in [0.29, 0.717) is 24.9 Å². The third-order valence-electron chi connectivity index (χ3n) is 3.84. The molecule has 1 fully saturated rings. The minimum absolute atomic E-state index is 0.198. The molecule has 3 N–H and O–H groups in total. The first-order valence-corrected chi connectivity index (χ1v) is 7.55. The highest BCUT2D eigenvalue weighted by Gasteiger charge is 2.16. The SMILES string of the molecule is CC1CN=C(NCCNC(=O)CC2CCCCC2)N1. The van der Waals surface area contributed by atoms with Crippen molar-refractivity contribution in [3.05, 3.63) is 0 Å². The van der Waals surface area contributed by atoms with Crippen molar-refractivity contribution >= 4 is 11.9 Å². The van der Waals surface area contributed by atoms with E-state index >= 15 is 0 Å². The van der Waals surface area contributed by atoms with Gasteiger partial charge in [0.2, 0.25) is 5.91 Å². The van der Waals surface area contributed by atoms with Crippen molar-refractivity contribution in [1.82, 2.24) is 16.0 Å². The molecule has 1 aliphatic heterocycles. The van der Waals surface area contributed by atoms with Gasteiger partial charge in [-0.1, -0.05) is 19.3 Å². The summed E-state index contributed by atoms with van der Waals surface area (Å²) in [6.45, 7) is 4.33. The van der Waals surface area contributed by atoms with E-state index in [1.54, 1.807) is 0 Å². The minimum Gasteiger partial charge on any atom is -0.355 e. The number of guanidine groups is 1. The summed E-state index contributed by atoms with van der Waals surface area (Å²) in [4.78, 5) is 16.1. The first-order chi connectivity index (χ1) is 9.24. The molecule has 0 aromatic heterocycles. The molecule has 0 radical (unpaired) electrons. The second-order valence-corrected chi connectivity index (χ2v) is 5.72. The van der Waals surface area contributed by atoms with Crippen LogP contribution in [-0.4, -0.2) is 37.5 Å². The van der Waals surface area contributed by atoms with E-state index in [0.717, 1.165) is 19.0 Å². The highest BCUT2D eigenvalue weighted by Crippen LogP contribution is 2.25. The fraction of sp³-hybridized carbons (Fsp3) is 0.857. The van der Waals surface area contributed by atoms with E-state index in [1.165, 1.54) is 32.1 Å². The summed E-state index contributed by atoms with van der Waals surface area (Å²) in [5.41, 5.74) is 0.